The molecular weight excluding hydrogens is 308 g/mol. The van der Waals surface area contributed by atoms with Gasteiger partial charge in [-0.2, -0.15) is 0 Å². The van der Waals surface area contributed by atoms with Crippen molar-refractivity contribution < 1.29 is 9.90 Å². The fourth-order valence-electron chi connectivity index (χ4n) is 3.02. The van der Waals surface area contributed by atoms with Crippen LogP contribution in [-0.2, 0) is 18.4 Å². The van der Waals surface area contributed by atoms with Gasteiger partial charge in [0.2, 0.25) is 0 Å². The number of aromatic nitrogens is 3. The molecule has 3 heterocycles. The molecule has 8 nitrogen and oxygen atoms in total. The number of imidazole rings is 1. The van der Waals surface area contributed by atoms with Gasteiger partial charge in [-0.15, -0.1) is 0 Å². The van der Waals surface area contributed by atoms with Crippen LogP contribution < -0.4 is 5.73 Å². The predicted octanol–water partition coefficient (Wildman–Crippen LogP) is 0.341. The van der Waals surface area contributed by atoms with Gasteiger partial charge in [0.1, 0.15) is 17.7 Å². The monoisotopic (exact) mass is 330 g/mol. The van der Waals surface area contributed by atoms with E-state index in [1.54, 1.807) is 24.5 Å². The molecule has 1 atom stereocenters. The summed E-state index contributed by atoms with van der Waals surface area (Å²) in [7, 11) is 1.98. The summed E-state index contributed by atoms with van der Waals surface area (Å²) in [4.78, 5) is 24.4. The summed E-state index contributed by atoms with van der Waals surface area (Å²) < 4.78 is 2.01. The molecular formula is C16H22N6O2. The maximum absolute atomic E-state index is 11.7. The average molecular weight is 330 g/mol. The van der Waals surface area contributed by atoms with Crippen molar-refractivity contribution in [3.63, 3.8) is 0 Å². The molecule has 0 aliphatic carbocycles. The van der Waals surface area contributed by atoms with Crippen molar-refractivity contribution in [3.8, 4) is 0 Å². The minimum Gasteiger partial charge on any atom is -0.480 e. The third-order valence-corrected chi connectivity index (χ3v) is 4.42. The van der Waals surface area contributed by atoms with Gasteiger partial charge < -0.3 is 15.4 Å². The second-order valence-electron chi connectivity index (χ2n) is 6.02. The molecule has 1 aliphatic rings. The molecule has 0 spiro atoms. The zero-order chi connectivity index (χ0) is 17.1. The molecule has 24 heavy (non-hydrogen) atoms. The molecule has 8 heteroatoms. The van der Waals surface area contributed by atoms with Crippen LogP contribution in [0.5, 0.6) is 0 Å². The highest BCUT2D eigenvalue weighted by atomic mass is 16.4. The number of pyridine rings is 1. The Morgan fingerprint density at radius 1 is 1.29 bits per heavy atom. The molecule has 128 valence electrons. The Morgan fingerprint density at radius 3 is 2.58 bits per heavy atom. The SMILES string of the molecule is Cn1ccnc1CN1CCN([C@@H](C(=O)O)c2ccc(N)nc2)CC1. The molecule has 0 saturated carbocycles. The molecule has 0 bridgehead atoms. The maximum atomic E-state index is 11.7. The van der Waals surface area contributed by atoms with Crippen LogP contribution in [0.2, 0.25) is 0 Å². The fourth-order valence-corrected chi connectivity index (χ4v) is 3.02. The number of nitrogens with zero attached hydrogens (tertiary/aromatic N) is 5. The van der Waals surface area contributed by atoms with Crippen LogP contribution in [0, 0.1) is 0 Å². The number of nitrogen functional groups attached to an aromatic ring is 1. The number of aliphatic carboxylic acids is 1. The van der Waals surface area contributed by atoms with Crippen molar-refractivity contribution in [1.29, 1.82) is 0 Å². The second kappa shape index (κ2) is 6.98. The van der Waals surface area contributed by atoms with Crippen LogP contribution >= 0.6 is 0 Å². The highest BCUT2D eigenvalue weighted by molar-refractivity contribution is 5.75. The molecule has 1 aliphatic heterocycles. The van der Waals surface area contributed by atoms with Crippen molar-refractivity contribution >= 4 is 11.8 Å². The third-order valence-electron chi connectivity index (χ3n) is 4.42. The highest BCUT2D eigenvalue weighted by Crippen LogP contribution is 2.23. The van der Waals surface area contributed by atoms with E-state index in [1.807, 2.05) is 22.7 Å². The smallest absolute Gasteiger partial charge is 0.325 e. The number of hydrogen-bond donors (Lipinski definition) is 2. The summed E-state index contributed by atoms with van der Waals surface area (Å²) in [6.45, 7) is 3.76. The Hall–Kier alpha value is -2.45. The van der Waals surface area contributed by atoms with E-state index in [0.717, 1.165) is 25.5 Å². The van der Waals surface area contributed by atoms with Crippen molar-refractivity contribution in [2.75, 3.05) is 31.9 Å². The number of carboxylic acid groups (broad SMARTS) is 1. The number of aryl methyl sites for hydroxylation is 1. The lowest BCUT2D eigenvalue weighted by Crippen LogP contribution is -2.49. The van der Waals surface area contributed by atoms with Crippen LogP contribution in [-0.4, -0.2) is 61.6 Å². The van der Waals surface area contributed by atoms with E-state index in [2.05, 4.69) is 14.9 Å². The second-order valence-corrected chi connectivity index (χ2v) is 6.02. The Kier molecular flexibility index (Phi) is 4.77. The van der Waals surface area contributed by atoms with Crippen LogP contribution in [0.25, 0.3) is 0 Å². The van der Waals surface area contributed by atoms with Gasteiger partial charge in [0, 0.05) is 51.8 Å². The number of piperazine rings is 1. The van der Waals surface area contributed by atoms with E-state index < -0.39 is 12.0 Å². The molecule has 0 amide bonds. The van der Waals surface area contributed by atoms with Gasteiger partial charge in [0.05, 0.1) is 6.54 Å². The number of hydrogen-bond acceptors (Lipinski definition) is 6. The van der Waals surface area contributed by atoms with Gasteiger partial charge in [-0.3, -0.25) is 14.6 Å². The largest absolute Gasteiger partial charge is 0.480 e. The zero-order valence-corrected chi connectivity index (χ0v) is 13.7. The van der Waals surface area contributed by atoms with Gasteiger partial charge in [-0.1, -0.05) is 6.07 Å². The van der Waals surface area contributed by atoms with E-state index in [9.17, 15) is 9.90 Å². The molecule has 2 aromatic heterocycles. The van der Waals surface area contributed by atoms with E-state index in [-0.39, 0.29) is 0 Å². The van der Waals surface area contributed by atoms with Gasteiger partial charge in [-0.25, -0.2) is 9.97 Å². The van der Waals surface area contributed by atoms with E-state index in [4.69, 9.17) is 5.73 Å². The van der Waals surface area contributed by atoms with Crippen molar-refractivity contribution in [1.82, 2.24) is 24.3 Å². The van der Waals surface area contributed by atoms with Gasteiger partial charge in [0.15, 0.2) is 0 Å². The summed E-state index contributed by atoms with van der Waals surface area (Å²) >= 11 is 0. The Balaban J connectivity index is 1.64. The topological polar surface area (TPSA) is 101 Å². The number of carboxylic acids is 1. The quantitative estimate of drug-likeness (QED) is 0.815. The Morgan fingerprint density at radius 2 is 2.04 bits per heavy atom. The Labute approximate surface area is 140 Å². The van der Waals surface area contributed by atoms with Gasteiger partial charge >= 0.3 is 5.97 Å². The highest BCUT2D eigenvalue weighted by Gasteiger charge is 2.30. The first-order valence-electron chi connectivity index (χ1n) is 7.91. The molecule has 0 radical (unpaired) electrons. The molecule has 3 N–H and O–H groups in total. The summed E-state index contributed by atoms with van der Waals surface area (Å²) in [6, 6.07) is 2.69. The zero-order valence-electron chi connectivity index (χ0n) is 13.7. The third kappa shape index (κ3) is 3.55. The normalized spacial score (nSPS) is 17.7. The number of nitrogens with two attached hydrogens (primary N) is 1. The van der Waals surface area contributed by atoms with Crippen LogP contribution in [0.4, 0.5) is 5.82 Å². The number of rotatable bonds is 5. The average Bonchev–Trinajstić information content (AvgIpc) is 2.96. The summed E-state index contributed by atoms with van der Waals surface area (Å²) in [5, 5.41) is 9.63. The van der Waals surface area contributed by atoms with Gasteiger partial charge in [0.25, 0.3) is 0 Å². The summed E-state index contributed by atoms with van der Waals surface area (Å²) in [6.07, 6.45) is 5.27. The van der Waals surface area contributed by atoms with Crippen molar-refractivity contribution in [2.45, 2.75) is 12.6 Å². The minimum atomic E-state index is -0.862. The van der Waals surface area contributed by atoms with E-state index in [1.165, 1.54) is 0 Å². The van der Waals surface area contributed by atoms with Crippen molar-refractivity contribution in [2.24, 2.45) is 7.05 Å². The first-order chi connectivity index (χ1) is 11.5. The minimum absolute atomic E-state index is 0.391. The molecule has 1 saturated heterocycles. The van der Waals surface area contributed by atoms with Crippen LogP contribution in [0.15, 0.2) is 30.7 Å². The lowest BCUT2D eigenvalue weighted by Gasteiger charge is -2.37. The van der Waals surface area contributed by atoms with Crippen LogP contribution in [0.1, 0.15) is 17.4 Å². The van der Waals surface area contributed by atoms with E-state index >= 15 is 0 Å². The molecule has 0 aromatic carbocycles. The van der Waals surface area contributed by atoms with Gasteiger partial charge in [-0.05, 0) is 11.6 Å². The Bertz CT molecular complexity index is 691. The summed E-state index contributed by atoms with van der Waals surface area (Å²) in [5.74, 6) is 0.544. The summed E-state index contributed by atoms with van der Waals surface area (Å²) in [5.41, 5.74) is 6.25. The molecule has 3 rings (SSSR count). The van der Waals surface area contributed by atoms with Crippen LogP contribution in [0.3, 0.4) is 0 Å². The number of carbonyl (C=O) groups is 1. The maximum Gasteiger partial charge on any atom is 0.325 e. The molecule has 0 unspecified atom stereocenters. The molecule has 2 aromatic rings. The standard InChI is InChI=1S/C16H22N6O2/c1-20-5-4-18-14(20)11-21-6-8-22(9-7-21)15(16(23)24)12-2-3-13(17)19-10-12/h2-5,10,15H,6-9,11H2,1H3,(H2,17,19)(H,23,24)/t15-/m1/s1. The first-order valence-corrected chi connectivity index (χ1v) is 7.91. The first kappa shape index (κ1) is 16.4. The number of anilines is 1. The van der Waals surface area contributed by atoms with Crippen molar-refractivity contribution in [3.05, 3.63) is 42.1 Å². The predicted molar refractivity (Wildman–Crippen MR) is 89.1 cm³/mol. The fraction of sp³-hybridized carbons (Fsp3) is 0.438. The lowest BCUT2D eigenvalue weighted by atomic mass is 10.1. The lowest BCUT2D eigenvalue weighted by molar-refractivity contribution is -0.144. The molecule has 1 fully saturated rings. The van der Waals surface area contributed by atoms with E-state index in [0.29, 0.717) is 24.5 Å².